The summed E-state index contributed by atoms with van der Waals surface area (Å²) in [5.41, 5.74) is 5.66. The largest absolute Gasteiger partial charge is 0.467 e. The number of anilines is 1. The number of aromatic nitrogens is 6. The number of rotatable bonds is 5. The number of hydrogen-bond donors (Lipinski definition) is 1. The summed E-state index contributed by atoms with van der Waals surface area (Å²) in [5.74, 6) is 1.82. The molecule has 4 rings (SSSR count). The van der Waals surface area contributed by atoms with Crippen LogP contribution >= 0.6 is 11.8 Å². The fraction of sp³-hybridized carbons (Fsp3) is 0.583. The molecule has 8 nitrogen and oxygen atoms in total. The zero-order valence-corrected chi connectivity index (χ0v) is 12.4. The Hall–Kier alpha value is -1.90. The topological polar surface area (TPSA) is 105 Å². The van der Waals surface area contributed by atoms with E-state index >= 15 is 0 Å². The first kappa shape index (κ1) is 12.8. The number of ether oxygens (including phenoxy) is 1. The van der Waals surface area contributed by atoms with Crippen molar-refractivity contribution < 1.29 is 4.74 Å². The van der Waals surface area contributed by atoms with E-state index in [9.17, 15) is 0 Å². The second kappa shape index (κ2) is 4.83. The summed E-state index contributed by atoms with van der Waals surface area (Å²) in [5, 5.41) is 9.98. The molecule has 0 aliphatic heterocycles. The third-order valence-electron chi connectivity index (χ3n) is 3.52. The van der Waals surface area contributed by atoms with Crippen LogP contribution in [0.25, 0.3) is 0 Å². The molecular formula is C12H15N7OS. The lowest BCUT2D eigenvalue weighted by atomic mass is 10.4. The van der Waals surface area contributed by atoms with Crippen molar-refractivity contribution >= 4 is 17.7 Å². The Morgan fingerprint density at radius 3 is 2.62 bits per heavy atom. The Bertz CT molecular complexity index is 680. The average Bonchev–Trinajstić information content (AvgIpc) is 3.37. The highest BCUT2D eigenvalue weighted by molar-refractivity contribution is 7.99. The minimum Gasteiger partial charge on any atom is -0.467 e. The number of methoxy groups -OCH3 is 1. The maximum absolute atomic E-state index is 5.66. The summed E-state index contributed by atoms with van der Waals surface area (Å²) in [6, 6.07) is 0.740. The van der Waals surface area contributed by atoms with Crippen LogP contribution in [0.2, 0.25) is 0 Å². The van der Waals surface area contributed by atoms with Crippen molar-refractivity contribution in [1.82, 2.24) is 29.7 Å². The van der Waals surface area contributed by atoms with Crippen molar-refractivity contribution in [1.29, 1.82) is 0 Å². The van der Waals surface area contributed by atoms with Gasteiger partial charge in [-0.2, -0.15) is 15.0 Å². The van der Waals surface area contributed by atoms with E-state index in [0.29, 0.717) is 17.1 Å². The first-order valence-corrected chi connectivity index (χ1v) is 7.74. The molecule has 2 N–H and O–H groups in total. The van der Waals surface area contributed by atoms with Crippen LogP contribution in [0.1, 0.15) is 43.5 Å². The van der Waals surface area contributed by atoms with Crippen molar-refractivity contribution in [2.45, 2.75) is 48.0 Å². The van der Waals surface area contributed by atoms with E-state index in [0.717, 1.165) is 11.0 Å². The van der Waals surface area contributed by atoms with Gasteiger partial charge in [-0.3, -0.25) is 0 Å². The van der Waals surface area contributed by atoms with Gasteiger partial charge in [-0.25, -0.2) is 0 Å². The van der Waals surface area contributed by atoms with E-state index in [1.165, 1.54) is 44.6 Å². The molecule has 2 aromatic heterocycles. The quantitative estimate of drug-likeness (QED) is 0.884. The minimum atomic E-state index is 0.143. The van der Waals surface area contributed by atoms with Crippen LogP contribution in [0.15, 0.2) is 10.3 Å². The van der Waals surface area contributed by atoms with Crippen molar-refractivity contribution in [3.05, 3.63) is 5.82 Å². The highest BCUT2D eigenvalue weighted by atomic mass is 32.2. The maximum atomic E-state index is 5.66. The van der Waals surface area contributed by atoms with Crippen molar-refractivity contribution in [2.75, 3.05) is 12.8 Å². The van der Waals surface area contributed by atoms with Crippen molar-refractivity contribution in [2.24, 2.45) is 0 Å². The van der Waals surface area contributed by atoms with Crippen LogP contribution in [0, 0.1) is 0 Å². The minimum absolute atomic E-state index is 0.143. The summed E-state index contributed by atoms with van der Waals surface area (Å²) < 4.78 is 7.26. The molecule has 9 heteroatoms. The van der Waals surface area contributed by atoms with Crippen LogP contribution < -0.4 is 10.5 Å². The fourth-order valence-electron chi connectivity index (χ4n) is 2.23. The van der Waals surface area contributed by atoms with E-state index in [1.807, 2.05) is 0 Å². The van der Waals surface area contributed by atoms with Crippen molar-refractivity contribution in [3.63, 3.8) is 0 Å². The van der Waals surface area contributed by atoms with Crippen molar-refractivity contribution in [3.8, 4) is 6.01 Å². The molecule has 0 saturated heterocycles. The molecule has 2 saturated carbocycles. The van der Waals surface area contributed by atoms with Gasteiger partial charge in [0.1, 0.15) is 5.82 Å². The Balaban J connectivity index is 1.66. The van der Waals surface area contributed by atoms with Gasteiger partial charge in [-0.15, -0.1) is 10.2 Å². The first-order chi connectivity index (χ1) is 10.2. The number of nitrogens with two attached hydrogens (primary N) is 1. The second-order valence-corrected chi connectivity index (χ2v) is 6.22. The molecular weight excluding hydrogens is 290 g/mol. The zero-order chi connectivity index (χ0) is 14.4. The Labute approximate surface area is 125 Å². The summed E-state index contributed by atoms with van der Waals surface area (Å²) >= 11 is 1.36. The lowest BCUT2D eigenvalue weighted by molar-refractivity contribution is 0.374. The van der Waals surface area contributed by atoms with Gasteiger partial charge in [0.15, 0.2) is 5.16 Å². The highest BCUT2D eigenvalue weighted by Gasteiger charge is 2.36. The molecule has 0 atom stereocenters. The van der Waals surface area contributed by atoms with Gasteiger partial charge >= 0.3 is 6.01 Å². The summed E-state index contributed by atoms with van der Waals surface area (Å²) in [6.07, 6.45) is 4.80. The lowest BCUT2D eigenvalue weighted by Crippen LogP contribution is -2.04. The third-order valence-corrected chi connectivity index (χ3v) is 4.35. The number of nitrogen functional groups attached to an aromatic ring is 1. The van der Waals surface area contributed by atoms with Gasteiger partial charge in [-0.1, -0.05) is 0 Å². The summed E-state index contributed by atoms with van der Waals surface area (Å²) in [4.78, 5) is 12.2. The molecule has 2 fully saturated rings. The molecule has 2 aliphatic rings. The SMILES string of the molecule is COc1nc(N)nc(Sc2nnc(C3CC3)n2C2CC2)n1. The number of hydrogen-bond acceptors (Lipinski definition) is 8. The van der Waals surface area contributed by atoms with Gasteiger partial charge in [0.2, 0.25) is 11.1 Å². The first-order valence-electron chi connectivity index (χ1n) is 6.93. The van der Waals surface area contributed by atoms with Crippen LogP contribution in [0.4, 0.5) is 5.95 Å². The zero-order valence-electron chi connectivity index (χ0n) is 11.6. The van der Waals surface area contributed by atoms with Crippen LogP contribution in [0.5, 0.6) is 6.01 Å². The molecule has 2 aromatic rings. The van der Waals surface area contributed by atoms with E-state index < -0.39 is 0 Å². The van der Waals surface area contributed by atoms with Gasteiger partial charge in [0.25, 0.3) is 0 Å². The molecule has 2 heterocycles. The predicted molar refractivity (Wildman–Crippen MR) is 75.2 cm³/mol. The third kappa shape index (κ3) is 2.53. The molecule has 0 bridgehead atoms. The molecule has 0 amide bonds. The normalized spacial score (nSPS) is 18.0. The predicted octanol–water partition coefficient (Wildman–Crippen LogP) is 1.42. The smallest absolute Gasteiger partial charge is 0.321 e. The molecule has 0 aromatic carbocycles. The lowest BCUT2D eigenvalue weighted by Gasteiger charge is -2.07. The molecule has 0 spiro atoms. The molecule has 2 aliphatic carbocycles. The summed E-state index contributed by atoms with van der Waals surface area (Å²) in [6.45, 7) is 0. The molecule has 110 valence electrons. The van der Waals surface area contributed by atoms with Crippen LogP contribution in [0.3, 0.4) is 0 Å². The average molecular weight is 305 g/mol. The standard InChI is InChI=1S/C12H15N7OS/c1-20-10-14-9(13)15-11(16-10)21-12-18-17-8(6-2-3-6)19(12)7-4-5-7/h6-7H,2-5H2,1H3,(H2,13,14,15,16). The highest BCUT2D eigenvalue weighted by Crippen LogP contribution is 2.46. The molecule has 0 radical (unpaired) electrons. The summed E-state index contributed by atoms with van der Waals surface area (Å²) in [7, 11) is 1.50. The van der Waals surface area contributed by atoms with Gasteiger partial charge in [0.05, 0.1) is 7.11 Å². The Kier molecular flexibility index (Phi) is 2.95. The fourth-order valence-corrected chi connectivity index (χ4v) is 3.07. The van der Waals surface area contributed by atoms with E-state index in [-0.39, 0.29) is 12.0 Å². The van der Waals surface area contributed by atoms with Crippen LogP contribution in [-0.4, -0.2) is 36.8 Å². The molecule has 0 unspecified atom stereocenters. The second-order valence-electron chi connectivity index (χ2n) is 5.28. The van der Waals surface area contributed by atoms with Gasteiger partial charge in [-0.05, 0) is 37.4 Å². The van der Waals surface area contributed by atoms with Gasteiger partial charge in [0, 0.05) is 12.0 Å². The Morgan fingerprint density at radius 2 is 1.95 bits per heavy atom. The monoisotopic (exact) mass is 305 g/mol. The van der Waals surface area contributed by atoms with E-state index in [4.69, 9.17) is 10.5 Å². The number of nitrogens with zero attached hydrogens (tertiary/aromatic N) is 6. The van der Waals surface area contributed by atoms with Crippen LogP contribution in [-0.2, 0) is 0 Å². The molecule has 21 heavy (non-hydrogen) atoms. The Morgan fingerprint density at radius 1 is 1.14 bits per heavy atom. The van der Waals surface area contributed by atoms with E-state index in [2.05, 4.69) is 29.7 Å². The van der Waals surface area contributed by atoms with E-state index in [1.54, 1.807) is 0 Å². The van der Waals surface area contributed by atoms with Gasteiger partial charge < -0.3 is 15.0 Å². The maximum Gasteiger partial charge on any atom is 0.321 e.